The summed E-state index contributed by atoms with van der Waals surface area (Å²) < 4.78 is 7.35. The molecule has 8 heteroatoms. The van der Waals surface area contributed by atoms with Gasteiger partial charge in [0, 0.05) is 17.3 Å². The number of hydrogen-bond donors (Lipinski definition) is 1. The number of benzene rings is 3. The van der Waals surface area contributed by atoms with E-state index in [9.17, 15) is 4.79 Å². The van der Waals surface area contributed by atoms with Crippen molar-refractivity contribution in [1.82, 2.24) is 14.5 Å². The summed E-state index contributed by atoms with van der Waals surface area (Å²) in [4.78, 5) is 25.6. The van der Waals surface area contributed by atoms with Crippen molar-refractivity contribution in [3.05, 3.63) is 136 Å². The molecule has 2 heterocycles. The third kappa shape index (κ3) is 5.67. The third-order valence-corrected chi connectivity index (χ3v) is 5.80. The van der Waals surface area contributed by atoms with Gasteiger partial charge in [-0.1, -0.05) is 60.1 Å². The van der Waals surface area contributed by atoms with Gasteiger partial charge >= 0.3 is 0 Å². The lowest BCUT2D eigenvalue weighted by molar-refractivity contribution is 0.462. The number of H-pyrrole nitrogens is 1. The molecule has 1 N–H and O–H groups in total. The first-order valence-corrected chi connectivity index (χ1v) is 11.8. The SMILES string of the molecule is N#Cc1cccc(Oc2ccc(/N=c3\[nH]cc(-c4ccccc4)c(=O)n3Cc3ccc(Cl)cc3)cc2)n1. The minimum absolute atomic E-state index is 0.165. The summed E-state index contributed by atoms with van der Waals surface area (Å²) in [5, 5.41) is 9.65. The molecule has 7 nitrogen and oxygen atoms in total. The number of pyridine rings is 1. The van der Waals surface area contributed by atoms with Gasteiger partial charge in [0.15, 0.2) is 0 Å². The summed E-state index contributed by atoms with van der Waals surface area (Å²) in [6, 6.07) is 30.9. The van der Waals surface area contributed by atoms with Crippen LogP contribution in [0.5, 0.6) is 11.6 Å². The normalized spacial score (nSPS) is 11.2. The Balaban J connectivity index is 1.51. The molecule has 0 saturated heterocycles. The molecule has 0 spiro atoms. The van der Waals surface area contributed by atoms with E-state index in [0.29, 0.717) is 40.1 Å². The minimum Gasteiger partial charge on any atom is -0.439 e. The Bertz CT molecular complexity index is 1700. The molecule has 180 valence electrons. The highest BCUT2D eigenvalue weighted by Crippen LogP contribution is 2.23. The molecule has 0 atom stereocenters. The van der Waals surface area contributed by atoms with Gasteiger partial charge in [0.2, 0.25) is 11.5 Å². The van der Waals surface area contributed by atoms with E-state index in [1.165, 1.54) is 0 Å². The van der Waals surface area contributed by atoms with Crippen molar-refractivity contribution in [2.24, 2.45) is 4.99 Å². The lowest BCUT2D eigenvalue weighted by Gasteiger charge is -2.10. The van der Waals surface area contributed by atoms with Gasteiger partial charge in [-0.05, 0) is 53.6 Å². The van der Waals surface area contributed by atoms with E-state index < -0.39 is 0 Å². The number of aromatic nitrogens is 3. The van der Waals surface area contributed by atoms with E-state index in [4.69, 9.17) is 26.6 Å². The number of ether oxygens (including phenoxy) is 1. The van der Waals surface area contributed by atoms with E-state index in [2.05, 4.69) is 9.97 Å². The molecule has 0 unspecified atom stereocenters. The van der Waals surface area contributed by atoms with Crippen LogP contribution >= 0.6 is 11.6 Å². The van der Waals surface area contributed by atoms with E-state index >= 15 is 0 Å². The molecule has 0 aliphatic heterocycles. The first-order valence-electron chi connectivity index (χ1n) is 11.4. The van der Waals surface area contributed by atoms with Gasteiger partial charge in [0.25, 0.3) is 5.56 Å². The summed E-state index contributed by atoms with van der Waals surface area (Å²) >= 11 is 6.05. The van der Waals surface area contributed by atoms with Gasteiger partial charge < -0.3 is 9.72 Å². The van der Waals surface area contributed by atoms with Crippen molar-refractivity contribution in [1.29, 1.82) is 5.26 Å². The maximum absolute atomic E-state index is 13.6. The first-order chi connectivity index (χ1) is 18.1. The van der Waals surface area contributed by atoms with Crippen LogP contribution in [0.3, 0.4) is 0 Å². The van der Waals surface area contributed by atoms with Crippen LogP contribution in [0.25, 0.3) is 11.1 Å². The first kappa shape index (κ1) is 23.8. The zero-order valence-corrected chi connectivity index (χ0v) is 20.3. The number of nitrogens with one attached hydrogen (secondary N) is 1. The fourth-order valence-corrected chi connectivity index (χ4v) is 3.85. The van der Waals surface area contributed by atoms with Crippen LogP contribution in [0.1, 0.15) is 11.3 Å². The fourth-order valence-electron chi connectivity index (χ4n) is 3.72. The predicted octanol–water partition coefficient (Wildman–Crippen LogP) is 5.84. The van der Waals surface area contributed by atoms with Crippen molar-refractivity contribution >= 4 is 17.3 Å². The van der Waals surface area contributed by atoms with Crippen LogP contribution in [0.15, 0.2) is 113 Å². The highest BCUT2D eigenvalue weighted by molar-refractivity contribution is 6.30. The highest BCUT2D eigenvalue weighted by atomic mass is 35.5. The summed E-state index contributed by atoms with van der Waals surface area (Å²) in [6.45, 7) is 0.314. The minimum atomic E-state index is -0.165. The Kier molecular flexibility index (Phi) is 6.93. The van der Waals surface area contributed by atoms with Crippen molar-refractivity contribution in [2.75, 3.05) is 0 Å². The number of hydrogen-bond acceptors (Lipinski definition) is 5. The topological polar surface area (TPSA) is 96.1 Å². The summed E-state index contributed by atoms with van der Waals surface area (Å²) in [5.41, 5.74) is 3.41. The Labute approximate surface area is 217 Å². The van der Waals surface area contributed by atoms with Gasteiger partial charge in [-0.15, -0.1) is 0 Å². The third-order valence-electron chi connectivity index (χ3n) is 5.55. The van der Waals surface area contributed by atoms with Crippen molar-refractivity contribution < 1.29 is 4.74 Å². The summed E-state index contributed by atoms with van der Waals surface area (Å²) in [7, 11) is 0. The average molecular weight is 506 g/mol. The van der Waals surface area contributed by atoms with E-state index in [1.807, 2.05) is 48.5 Å². The monoisotopic (exact) mass is 505 g/mol. The van der Waals surface area contributed by atoms with Gasteiger partial charge in [-0.3, -0.25) is 9.36 Å². The van der Waals surface area contributed by atoms with Crippen LogP contribution in [0, 0.1) is 11.3 Å². The molecule has 0 saturated carbocycles. The molecule has 2 aromatic heterocycles. The molecule has 0 bridgehead atoms. The van der Waals surface area contributed by atoms with E-state index in [1.54, 1.807) is 65.4 Å². The number of nitriles is 1. The van der Waals surface area contributed by atoms with Crippen LogP contribution < -0.4 is 15.9 Å². The summed E-state index contributed by atoms with van der Waals surface area (Å²) in [6.07, 6.45) is 1.68. The lowest BCUT2D eigenvalue weighted by atomic mass is 10.1. The molecule has 5 rings (SSSR count). The molecular weight excluding hydrogens is 486 g/mol. The maximum atomic E-state index is 13.6. The van der Waals surface area contributed by atoms with Crippen molar-refractivity contribution in [2.45, 2.75) is 6.54 Å². The average Bonchev–Trinajstić information content (AvgIpc) is 2.93. The summed E-state index contributed by atoms with van der Waals surface area (Å²) in [5.74, 6) is 0.869. The quantitative estimate of drug-likeness (QED) is 0.313. The number of rotatable bonds is 6. The molecular formula is C29H20ClN5O2. The lowest BCUT2D eigenvalue weighted by Crippen LogP contribution is -2.36. The zero-order chi connectivity index (χ0) is 25.6. The molecule has 0 aliphatic carbocycles. The number of nitrogens with zero attached hydrogens (tertiary/aromatic N) is 4. The molecule has 0 aliphatic rings. The van der Waals surface area contributed by atoms with Crippen LogP contribution in [0.2, 0.25) is 5.02 Å². The second-order valence-electron chi connectivity index (χ2n) is 8.09. The molecule has 5 aromatic rings. The highest BCUT2D eigenvalue weighted by Gasteiger charge is 2.10. The fraction of sp³-hybridized carbons (Fsp3) is 0.0345. The van der Waals surface area contributed by atoms with Gasteiger partial charge in [-0.25, -0.2) is 9.98 Å². The van der Waals surface area contributed by atoms with Crippen molar-refractivity contribution in [3.63, 3.8) is 0 Å². The molecule has 0 radical (unpaired) electrons. The Hall–Kier alpha value is -4.93. The number of aromatic amines is 1. The Morgan fingerprint density at radius 1 is 0.946 bits per heavy atom. The van der Waals surface area contributed by atoms with Gasteiger partial charge in [0.05, 0.1) is 17.8 Å². The Morgan fingerprint density at radius 2 is 1.70 bits per heavy atom. The second-order valence-corrected chi connectivity index (χ2v) is 8.53. The smallest absolute Gasteiger partial charge is 0.262 e. The Morgan fingerprint density at radius 3 is 2.43 bits per heavy atom. The maximum Gasteiger partial charge on any atom is 0.262 e. The molecule has 37 heavy (non-hydrogen) atoms. The zero-order valence-electron chi connectivity index (χ0n) is 19.5. The van der Waals surface area contributed by atoms with E-state index in [-0.39, 0.29) is 11.3 Å². The molecule has 0 fully saturated rings. The molecule has 0 amide bonds. The standard InChI is InChI=1S/C29H20ClN5O2/c30-22-11-9-20(10-12-22)19-35-28(36)26(21-5-2-1-3-6-21)18-32-29(35)34-23-13-15-25(16-14-23)37-27-8-4-7-24(17-31)33-27/h1-16,18H,19H2,(H,32,34). The van der Waals surface area contributed by atoms with Crippen molar-refractivity contribution in [3.8, 4) is 28.8 Å². The predicted molar refractivity (Wildman–Crippen MR) is 142 cm³/mol. The van der Waals surface area contributed by atoms with Crippen LogP contribution in [0.4, 0.5) is 5.69 Å². The van der Waals surface area contributed by atoms with E-state index in [0.717, 1.165) is 11.1 Å². The largest absolute Gasteiger partial charge is 0.439 e. The molecule has 3 aromatic carbocycles. The van der Waals surface area contributed by atoms with Crippen LogP contribution in [-0.4, -0.2) is 14.5 Å². The van der Waals surface area contributed by atoms with Gasteiger partial charge in [0.1, 0.15) is 17.5 Å². The number of halogens is 1. The van der Waals surface area contributed by atoms with Gasteiger partial charge in [-0.2, -0.15) is 5.26 Å². The van der Waals surface area contributed by atoms with Crippen LogP contribution in [-0.2, 0) is 6.54 Å². The second kappa shape index (κ2) is 10.8.